The van der Waals surface area contributed by atoms with Gasteiger partial charge < -0.3 is 5.32 Å². The number of aromatic nitrogens is 2. The Morgan fingerprint density at radius 1 is 1.26 bits per heavy atom. The minimum Gasteiger partial charge on any atom is -0.310 e. The molecule has 1 N–H and O–H groups in total. The molecule has 0 bridgehead atoms. The topological polar surface area (TPSA) is 29.9 Å². The van der Waals surface area contributed by atoms with Gasteiger partial charge in [0.1, 0.15) is 0 Å². The maximum atomic E-state index is 6.40. The molecule has 0 fully saturated rings. The van der Waals surface area contributed by atoms with Crippen molar-refractivity contribution in [3.05, 3.63) is 18.0 Å². The van der Waals surface area contributed by atoms with Gasteiger partial charge in [-0.15, -0.1) is 11.6 Å². The fourth-order valence-corrected chi connectivity index (χ4v) is 2.67. The van der Waals surface area contributed by atoms with Gasteiger partial charge in [0.05, 0.1) is 5.69 Å². The summed E-state index contributed by atoms with van der Waals surface area (Å²) in [6, 6.07) is 2.55. The zero-order chi connectivity index (χ0) is 14.3. The first-order valence-corrected chi connectivity index (χ1v) is 7.94. The number of hydrogen-bond donors (Lipinski definition) is 1. The molecular weight excluding hydrogens is 258 g/mol. The molecule has 0 aromatic carbocycles. The third-order valence-corrected chi connectivity index (χ3v) is 4.42. The number of nitrogens with one attached hydrogen (secondary N) is 1. The molecule has 1 aromatic rings. The predicted octanol–water partition coefficient (Wildman–Crippen LogP) is 3.99. The van der Waals surface area contributed by atoms with Crippen LogP contribution in [-0.2, 0) is 6.54 Å². The third-order valence-electron chi connectivity index (χ3n) is 3.91. The van der Waals surface area contributed by atoms with Crippen molar-refractivity contribution < 1.29 is 0 Å². The number of alkyl halides is 1. The first-order valence-electron chi connectivity index (χ1n) is 7.51. The highest BCUT2D eigenvalue weighted by atomic mass is 35.5. The number of halogens is 1. The highest BCUT2D eigenvalue weighted by Crippen LogP contribution is 2.17. The van der Waals surface area contributed by atoms with Crippen molar-refractivity contribution in [2.75, 3.05) is 6.54 Å². The zero-order valence-corrected chi connectivity index (χ0v) is 13.5. The van der Waals surface area contributed by atoms with Gasteiger partial charge in [-0.25, -0.2) is 0 Å². The first-order chi connectivity index (χ1) is 9.12. The van der Waals surface area contributed by atoms with Crippen LogP contribution in [0.15, 0.2) is 12.3 Å². The lowest BCUT2D eigenvalue weighted by Crippen LogP contribution is -2.28. The van der Waals surface area contributed by atoms with Crippen LogP contribution < -0.4 is 5.32 Å². The van der Waals surface area contributed by atoms with Crippen LogP contribution in [0.1, 0.15) is 58.7 Å². The standard InChI is InChI=1S/C15H28ClN3/c1-5-12(4)19-9-8-14(18-19)10-17-11-15(16)13(6-2)7-3/h8-9,12-13,15,17H,5-7,10-11H2,1-4H3. The molecule has 0 aliphatic heterocycles. The maximum Gasteiger partial charge on any atom is 0.0762 e. The average molecular weight is 286 g/mol. The molecule has 110 valence electrons. The van der Waals surface area contributed by atoms with Gasteiger partial charge in [-0.1, -0.05) is 33.6 Å². The fourth-order valence-electron chi connectivity index (χ4n) is 2.21. The van der Waals surface area contributed by atoms with Gasteiger partial charge in [0.25, 0.3) is 0 Å². The summed E-state index contributed by atoms with van der Waals surface area (Å²) in [7, 11) is 0. The molecule has 0 saturated carbocycles. The van der Waals surface area contributed by atoms with Crippen LogP contribution in [0.3, 0.4) is 0 Å². The Hall–Kier alpha value is -0.540. The Balaban J connectivity index is 2.35. The summed E-state index contributed by atoms with van der Waals surface area (Å²) in [5.41, 5.74) is 1.09. The summed E-state index contributed by atoms with van der Waals surface area (Å²) in [6.07, 6.45) is 5.46. The largest absolute Gasteiger partial charge is 0.310 e. The highest BCUT2D eigenvalue weighted by molar-refractivity contribution is 6.21. The lowest BCUT2D eigenvalue weighted by atomic mass is 9.99. The van der Waals surface area contributed by atoms with Crippen LogP contribution in [-0.4, -0.2) is 21.7 Å². The van der Waals surface area contributed by atoms with Gasteiger partial charge in [-0.3, -0.25) is 4.68 Å². The van der Waals surface area contributed by atoms with Crippen LogP contribution in [0.5, 0.6) is 0 Å². The summed E-state index contributed by atoms with van der Waals surface area (Å²) >= 11 is 6.40. The predicted molar refractivity (Wildman–Crippen MR) is 82.6 cm³/mol. The minimum absolute atomic E-state index is 0.214. The molecule has 0 saturated heterocycles. The van der Waals surface area contributed by atoms with E-state index in [4.69, 9.17) is 11.6 Å². The molecule has 3 nitrogen and oxygen atoms in total. The number of nitrogens with zero attached hydrogens (tertiary/aromatic N) is 2. The zero-order valence-electron chi connectivity index (χ0n) is 12.7. The maximum absolute atomic E-state index is 6.40. The van der Waals surface area contributed by atoms with Crippen LogP contribution in [0.4, 0.5) is 0 Å². The van der Waals surface area contributed by atoms with Gasteiger partial charge in [0.15, 0.2) is 0 Å². The lowest BCUT2D eigenvalue weighted by molar-refractivity contribution is 0.441. The lowest BCUT2D eigenvalue weighted by Gasteiger charge is -2.19. The normalized spacial score (nSPS) is 14.8. The highest BCUT2D eigenvalue weighted by Gasteiger charge is 2.15. The molecule has 1 aromatic heterocycles. The molecule has 2 unspecified atom stereocenters. The van der Waals surface area contributed by atoms with Gasteiger partial charge in [-0.2, -0.15) is 5.10 Å². The summed E-state index contributed by atoms with van der Waals surface area (Å²) < 4.78 is 2.04. The van der Waals surface area contributed by atoms with E-state index in [1.807, 2.05) is 4.68 Å². The van der Waals surface area contributed by atoms with E-state index in [0.717, 1.165) is 38.0 Å². The Morgan fingerprint density at radius 2 is 1.95 bits per heavy atom. The van der Waals surface area contributed by atoms with Crippen molar-refractivity contribution in [1.82, 2.24) is 15.1 Å². The molecule has 0 aliphatic carbocycles. The average Bonchev–Trinajstić information content (AvgIpc) is 2.88. The molecule has 0 amide bonds. The molecule has 1 rings (SSSR count). The molecule has 1 heterocycles. The molecule has 0 spiro atoms. The van der Waals surface area contributed by atoms with Gasteiger partial charge in [-0.05, 0) is 25.3 Å². The van der Waals surface area contributed by atoms with E-state index in [2.05, 4.69) is 50.4 Å². The van der Waals surface area contributed by atoms with Crippen LogP contribution >= 0.6 is 11.6 Å². The van der Waals surface area contributed by atoms with Crippen molar-refractivity contribution in [3.8, 4) is 0 Å². The van der Waals surface area contributed by atoms with E-state index >= 15 is 0 Å². The van der Waals surface area contributed by atoms with Gasteiger partial charge in [0, 0.05) is 30.7 Å². The second-order valence-electron chi connectivity index (χ2n) is 5.27. The van der Waals surface area contributed by atoms with Crippen LogP contribution in [0.2, 0.25) is 0 Å². The second kappa shape index (κ2) is 8.60. The minimum atomic E-state index is 0.214. The number of rotatable bonds is 9. The fraction of sp³-hybridized carbons (Fsp3) is 0.800. The van der Waals surface area contributed by atoms with E-state index in [1.165, 1.54) is 0 Å². The Morgan fingerprint density at radius 3 is 2.53 bits per heavy atom. The van der Waals surface area contributed by atoms with Crippen molar-refractivity contribution in [1.29, 1.82) is 0 Å². The molecule has 0 radical (unpaired) electrons. The van der Waals surface area contributed by atoms with E-state index in [1.54, 1.807) is 0 Å². The van der Waals surface area contributed by atoms with Gasteiger partial charge >= 0.3 is 0 Å². The third kappa shape index (κ3) is 5.15. The molecule has 0 aliphatic rings. The monoisotopic (exact) mass is 285 g/mol. The Labute approximate surface area is 122 Å². The van der Waals surface area contributed by atoms with Gasteiger partial charge in [0.2, 0.25) is 0 Å². The van der Waals surface area contributed by atoms with Crippen molar-refractivity contribution in [2.45, 2.75) is 64.9 Å². The summed E-state index contributed by atoms with van der Waals surface area (Å²) in [6.45, 7) is 10.4. The summed E-state index contributed by atoms with van der Waals surface area (Å²) in [4.78, 5) is 0. The SMILES string of the molecule is CCC(CC)C(Cl)CNCc1ccn(C(C)CC)n1. The summed E-state index contributed by atoms with van der Waals surface area (Å²) in [5.74, 6) is 0.604. The quantitative estimate of drug-likeness (QED) is 0.695. The Bertz CT molecular complexity index is 347. The smallest absolute Gasteiger partial charge is 0.0762 e. The molecule has 2 atom stereocenters. The first kappa shape index (κ1) is 16.5. The van der Waals surface area contributed by atoms with E-state index < -0.39 is 0 Å². The van der Waals surface area contributed by atoms with Crippen LogP contribution in [0, 0.1) is 5.92 Å². The molecule has 4 heteroatoms. The number of hydrogen-bond acceptors (Lipinski definition) is 2. The summed E-state index contributed by atoms with van der Waals surface area (Å²) in [5, 5.41) is 8.20. The van der Waals surface area contributed by atoms with E-state index in [-0.39, 0.29) is 5.38 Å². The van der Waals surface area contributed by atoms with Crippen molar-refractivity contribution in [3.63, 3.8) is 0 Å². The van der Waals surface area contributed by atoms with E-state index in [0.29, 0.717) is 12.0 Å². The Kier molecular flexibility index (Phi) is 7.47. The van der Waals surface area contributed by atoms with Crippen molar-refractivity contribution in [2.24, 2.45) is 5.92 Å². The van der Waals surface area contributed by atoms with Crippen LogP contribution in [0.25, 0.3) is 0 Å². The second-order valence-corrected chi connectivity index (χ2v) is 5.83. The molecule has 19 heavy (non-hydrogen) atoms. The van der Waals surface area contributed by atoms with Crippen molar-refractivity contribution >= 4 is 11.6 Å². The van der Waals surface area contributed by atoms with E-state index in [9.17, 15) is 0 Å². The molecular formula is C15H28ClN3.